The highest BCUT2D eigenvalue weighted by Gasteiger charge is 2.24. The summed E-state index contributed by atoms with van der Waals surface area (Å²) in [6.45, 7) is 8.36. The van der Waals surface area contributed by atoms with Gasteiger partial charge in [0.2, 0.25) is 5.91 Å². The Labute approximate surface area is 178 Å². The monoisotopic (exact) mass is 414 g/mol. The van der Waals surface area contributed by atoms with Crippen molar-refractivity contribution in [2.24, 2.45) is 4.99 Å². The summed E-state index contributed by atoms with van der Waals surface area (Å²) < 4.78 is 14.1. The number of carbonyl (C=O) groups is 1. The molecule has 0 atom stereocenters. The van der Waals surface area contributed by atoms with Gasteiger partial charge in [-0.25, -0.2) is 9.38 Å². The lowest BCUT2D eigenvalue weighted by Gasteiger charge is -2.37. The Kier molecular flexibility index (Phi) is 8.03. The number of halogens is 1. The summed E-state index contributed by atoms with van der Waals surface area (Å²) in [5, 5.41) is 12.2. The van der Waals surface area contributed by atoms with E-state index in [9.17, 15) is 9.18 Å². The molecular weight excluding hydrogens is 383 g/mol. The Morgan fingerprint density at radius 2 is 1.87 bits per heavy atom. The molecule has 0 spiro atoms. The first-order valence-corrected chi connectivity index (χ1v) is 10.8. The van der Waals surface area contributed by atoms with E-state index < -0.39 is 5.82 Å². The summed E-state index contributed by atoms with van der Waals surface area (Å²) in [5.41, 5.74) is 0.775. The minimum atomic E-state index is -0.408. The molecule has 8 heteroatoms. The van der Waals surface area contributed by atoms with Crippen molar-refractivity contribution in [2.75, 3.05) is 52.4 Å². The van der Waals surface area contributed by atoms with Crippen LogP contribution in [0.5, 0.6) is 0 Å². The summed E-state index contributed by atoms with van der Waals surface area (Å²) in [5.74, 6) is 0.581. The van der Waals surface area contributed by atoms with Crippen molar-refractivity contribution in [3.8, 4) is 6.07 Å². The maximum absolute atomic E-state index is 14.1. The zero-order valence-electron chi connectivity index (χ0n) is 17.7. The van der Waals surface area contributed by atoms with Crippen molar-refractivity contribution in [1.29, 1.82) is 5.26 Å². The number of nitrogens with zero attached hydrogens (tertiary/aromatic N) is 5. The van der Waals surface area contributed by atoms with Gasteiger partial charge in [-0.3, -0.25) is 9.69 Å². The molecule has 2 saturated heterocycles. The second-order valence-corrected chi connectivity index (χ2v) is 7.79. The fourth-order valence-corrected chi connectivity index (χ4v) is 3.88. The Balaban J connectivity index is 1.54. The highest BCUT2D eigenvalue weighted by atomic mass is 19.1. The number of hydrogen-bond donors (Lipinski definition) is 1. The van der Waals surface area contributed by atoms with Crippen molar-refractivity contribution < 1.29 is 9.18 Å². The minimum Gasteiger partial charge on any atom is -0.357 e. The summed E-state index contributed by atoms with van der Waals surface area (Å²) in [6, 6.07) is 6.41. The number of piperidine rings is 1. The molecule has 0 aliphatic carbocycles. The van der Waals surface area contributed by atoms with Crippen molar-refractivity contribution in [3.05, 3.63) is 35.1 Å². The zero-order valence-corrected chi connectivity index (χ0v) is 17.7. The molecular formula is C22H31FN6O. The van der Waals surface area contributed by atoms with Crippen molar-refractivity contribution in [3.63, 3.8) is 0 Å². The molecule has 1 amide bonds. The molecule has 0 aromatic heterocycles. The first kappa shape index (κ1) is 22.0. The summed E-state index contributed by atoms with van der Waals surface area (Å²) in [4.78, 5) is 23.5. The lowest BCUT2D eigenvalue weighted by Crippen LogP contribution is -2.54. The predicted molar refractivity (Wildman–Crippen MR) is 114 cm³/mol. The number of carbonyl (C=O) groups excluding carboxylic acids is 1. The van der Waals surface area contributed by atoms with Gasteiger partial charge in [0.25, 0.3) is 0 Å². The third-order valence-electron chi connectivity index (χ3n) is 5.66. The molecule has 2 aliphatic rings. The Morgan fingerprint density at radius 1 is 1.13 bits per heavy atom. The van der Waals surface area contributed by atoms with Crippen LogP contribution in [0.25, 0.3) is 0 Å². The minimum absolute atomic E-state index is 0.216. The lowest BCUT2D eigenvalue weighted by molar-refractivity contribution is -0.133. The highest BCUT2D eigenvalue weighted by molar-refractivity contribution is 5.80. The van der Waals surface area contributed by atoms with E-state index in [0.29, 0.717) is 17.7 Å². The van der Waals surface area contributed by atoms with Gasteiger partial charge in [0, 0.05) is 51.4 Å². The van der Waals surface area contributed by atoms with Crippen LogP contribution >= 0.6 is 0 Å². The Hall–Kier alpha value is -2.66. The molecule has 2 aliphatic heterocycles. The van der Waals surface area contributed by atoms with E-state index in [1.165, 1.54) is 12.5 Å². The molecule has 7 nitrogen and oxygen atoms in total. The van der Waals surface area contributed by atoms with Crippen LogP contribution in [0.2, 0.25) is 0 Å². The maximum atomic E-state index is 14.1. The SMILES string of the molecule is CCNC(=NCc1ccc(C#N)cc1F)N1CCN(CC(=O)N2CCCCC2)CC1. The Morgan fingerprint density at radius 3 is 2.50 bits per heavy atom. The lowest BCUT2D eigenvalue weighted by atomic mass is 10.1. The molecule has 2 fully saturated rings. The standard InChI is InChI=1S/C22H31FN6O/c1-2-25-22(26-16-19-7-6-18(15-24)14-20(19)23)29-12-10-27(11-13-29)17-21(30)28-8-4-3-5-9-28/h6-7,14H,2-5,8-13,16-17H2,1H3,(H,25,26). The van der Waals surface area contributed by atoms with Gasteiger partial charge in [-0.15, -0.1) is 0 Å². The van der Waals surface area contributed by atoms with E-state index >= 15 is 0 Å². The average molecular weight is 415 g/mol. The van der Waals surface area contributed by atoms with Gasteiger partial charge >= 0.3 is 0 Å². The maximum Gasteiger partial charge on any atom is 0.236 e. The van der Waals surface area contributed by atoms with Gasteiger partial charge in [-0.05, 0) is 38.3 Å². The van der Waals surface area contributed by atoms with E-state index in [0.717, 1.165) is 64.6 Å². The number of nitrogens with one attached hydrogen (secondary N) is 1. The molecule has 0 bridgehead atoms. The van der Waals surface area contributed by atoms with Gasteiger partial charge in [0.15, 0.2) is 5.96 Å². The highest BCUT2D eigenvalue weighted by Crippen LogP contribution is 2.13. The van der Waals surface area contributed by atoms with Gasteiger partial charge in [0.05, 0.1) is 24.7 Å². The third kappa shape index (κ3) is 5.92. The van der Waals surface area contributed by atoms with E-state index in [1.807, 2.05) is 17.9 Å². The molecule has 0 unspecified atom stereocenters. The first-order chi connectivity index (χ1) is 14.6. The van der Waals surface area contributed by atoms with E-state index in [4.69, 9.17) is 5.26 Å². The van der Waals surface area contributed by atoms with Crippen molar-refractivity contribution >= 4 is 11.9 Å². The number of benzene rings is 1. The van der Waals surface area contributed by atoms with Gasteiger partial charge < -0.3 is 15.1 Å². The number of nitriles is 1. The number of hydrogen-bond acceptors (Lipinski definition) is 4. The summed E-state index contributed by atoms with van der Waals surface area (Å²) >= 11 is 0. The smallest absolute Gasteiger partial charge is 0.236 e. The van der Waals surface area contributed by atoms with E-state index in [1.54, 1.807) is 12.1 Å². The van der Waals surface area contributed by atoms with Crippen LogP contribution in [0.3, 0.4) is 0 Å². The largest absolute Gasteiger partial charge is 0.357 e. The van der Waals surface area contributed by atoms with Crippen LogP contribution in [-0.4, -0.2) is 78.9 Å². The van der Waals surface area contributed by atoms with E-state index in [2.05, 4.69) is 20.1 Å². The van der Waals surface area contributed by atoms with Crippen LogP contribution in [0.15, 0.2) is 23.2 Å². The van der Waals surface area contributed by atoms with Gasteiger partial charge in [0.1, 0.15) is 5.82 Å². The quantitative estimate of drug-likeness (QED) is 0.587. The third-order valence-corrected chi connectivity index (χ3v) is 5.66. The number of rotatable bonds is 5. The van der Waals surface area contributed by atoms with Crippen molar-refractivity contribution in [1.82, 2.24) is 20.0 Å². The Bertz CT molecular complexity index is 791. The fraction of sp³-hybridized carbons (Fsp3) is 0.591. The number of piperazine rings is 1. The summed E-state index contributed by atoms with van der Waals surface area (Å²) in [6.07, 6.45) is 3.45. The van der Waals surface area contributed by atoms with E-state index in [-0.39, 0.29) is 12.5 Å². The molecule has 30 heavy (non-hydrogen) atoms. The van der Waals surface area contributed by atoms with Gasteiger partial charge in [-0.1, -0.05) is 6.07 Å². The summed E-state index contributed by atoms with van der Waals surface area (Å²) in [7, 11) is 0. The van der Waals surface area contributed by atoms with Crippen LogP contribution in [0.1, 0.15) is 37.3 Å². The molecule has 1 N–H and O–H groups in total. The van der Waals surface area contributed by atoms with Crippen LogP contribution in [-0.2, 0) is 11.3 Å². The molecule has 1 aromatic carbocycles. The number of guanidine groups is 1. The fourth-order valence-electron chi connectivity index (χ4n) is 3.88. The van der Waals surface area contributed by atoms with Crippen LogP contribution in [0.4, 0.5) is 4.39 Å². The topological polar surface area (TPSA) is 75.0 Å². The molecule has 0 radical (unpaired) electrons. The van der Waals surface area contributed by atoms with Crippen LogP contribution in [0, 0.1) is 17.1 Å². The second kappa shape index (κ2) is 10.9. The predicted octanol–water partition coefficient (Wildman–Crippen LogP) is 1.79. The zero-order chi connectivity index (χ0) is 21.3. The molecule has 0 saturated carbocycles. The van der Waals surface area contributed by atoms with Crippen molar-refractivity contribution in [2.45, 2.75) is 32.7 Å². The molecule has 2 heterocycles. The first-order valence-electron chi connectivity index (χ1n) is 10.8. The molecule has 162 valence electrons. The second-order valence-electron chi connectivity index (χ2n) is 7.79. The number of amides is 1. The van der Waals surface area contributed by atoms with Gasteiger partial charge in [-0.2, -0.15) is 5.26 Å². The molecule has 1 aromatic rings. The number of aliphatic imine (C=N–C) groups is 1. The molecule has 3 rings (SSSR count). The normalized spacial score (nSPS) is 18.2. The van der Waals surface area contributed by atoms with Crippen LogP contribution < -0.4 is 5.32 Å². The average Bonchev–Trinajstić information content (AvgIpc) is 2.78. The number of likely N-dealkylation sites (tertiary alicyclic amines) is 1.